The molecular formula is C19H32N2O4. The Morgan fingerprint density at radius 2 is 1.72 bits per heavy atom. The van der Waals surface area contributed by atoms with E-state index >= 15 is 0 Å². The number of aliphatic carboxylic acids is 1. The maximum Gasteiger partial charge on any atom is 0.323 e. The molecule has 1 heterocycles. The van der Waals surface area contributed by atoms with E-state index in [1.54, 1.807) is 0 Å². The molecule has 0 bridgehead atoms. The summed E-state index contributed by atoms with van der Waals surface area (Å²) in [6.45, 7) is 2.51. The zero-order valence-electron chi connectivity index (χ0n) is 15.4. The molecule has 1 unspecified atom stereocenters. The Kier molecular flexibility index (Phi) is 7.72. The van der Waals surface area contributed by atoms with Crippen molar-refractivity contribution in [2.45, 2.75) is 77.2 Å². The molecule has 0 aromatic rings. The van der Waals surface area contributed by atoms with Crippen LogP contribution >= 0.6 is 0 Å². The van der Waals surface area contributed by atoms with Crippen molar-refractivity contribution in [1.82, 2.24) is 9.80 Å². The van der Waals surface area contributed by atoms with Crippen LogP contribution in [-0.2, 0) is 14.4 Å². The standard InChI is InChI=1S/C19H32N2O4/c1-15(22)21(14-19(24)25)17-8-5-12-20(13-11-17)18(23)10-9-16-6-3-2-4-7-16/h16-17H,2-14H2,1H3,(H,24,25). The summed E-state index contributed by atoms with van der Waals surface area (Å²) in [7, 11) is 0. The average Bonchev–Trinajstić information content (AvgIpc) is 2.84. The first-order valence-corrected chi connectivity index (χ1v) is 9.74. The summed E-state index contributed by atoms with van der Waals surface area (Å²) in [4.78, 5) is 38.7. The number of carbonyl (C=O) groups excluding carboxylic acids is 2. The Balaban J connectivity index is 1.81. The third kappa shape index (κ3) is 6.33. The lowest BCUT2D eigenvalue weighted by Gasteiger charge is -2.29. The molecule has 0 radical (unpaired) electrons. The second-order valence-corrected chi connectivity index (χ2v) is 7.55. The summed E-state index contributed by atoms with van der Waals surface area (Å²) in [6, 6.07) is -0.0789. The number of carbonyl (C=O) groups is 3. The summed E-state index contributed by atoms with van der Waals surface area (Å²) in [5.41, 5.74) is 0. The van der Waals surface area contributed by atoms with Crippen LogP contribution in [0.15, 0.2) is 0 Å². The molecule has 1 atom stereocenters. The summed E-state index contributed by atoms with van der Waals surface area (Å²) in [5, 5.41) is 9.01. The summed E-state index contributed by atoms with van der Waals surface area (Å²) in [5.74, 6) is -0.260. The van der Waals surface area contributed by atoms with E-state index in [-0.39, 0.29) is 24.4 Å². The van der Waals surface area contributed by atoms with Gasteiger partial charge in [0.15, 0.2) is 0 Å². The normalized spacial score (nSPS) is 22.3. The Bertz CT molecular complexity index is 474. The largest absolute Gasteiger partial charge is 0.480 e. The summed E-state index contributed by atoms with van der Waals surface area (Å²) >= 11 is 0. The number of carboxylic acids is 1. The van der Waals surface area contributed by atoms with Crippen molar-refractivity contribution in [3.05, 3.63) is 0 Å². The van der Waals surface area contributed by atoms with Gasteiger partial charge in [-0.1, -0.05) is 32.1 Å². The van der Waals surface area contributed by atoms with E-state index in [9.17, 15) is 14.4 Å². The Hall–Kier alpha value is -1.59. The van der Waals surface area contributed by atoms with Crippen molar-refractivity contribution in [2.24, 2.45) is 5.92 Å². The summed E-state index contributed by atoms with van der Waals surface area (Å²) in [6.07, 6.45) is 10.3. The van der Waals surface area contributed by atoms with Gasteiger partial charge in [0.05, 0.1) is 0 Å². The van der Waals surface area contributed by atoms with Crippen molar-refractivity contribution in [1.29, 1.82) is 0 Å². The van der Waals surface area contributed by atoms with E-state index in [2.05, 4.69) is 0 Å². The van der Waals surface area contributed by atoms with Crippen molar-refractivity contribution >= 4 is 17.8 Å². The van der Waals surface area contributed by atoms with Crippen LogP contribution in [0.3, 0.4) is 0 Å². The van der Waals surface area contributed by atoms with E-state index in [0.29, 0.717) is 25.3 Å². The molecule has 142 valence electrons. The van der Waals surface area contributed by atoms with Crippen LogP contribution in [0, 0.1) is 5.92 Å². The molecule has 1 aliphatic carbocycles. The van der Waals surface area contributed by atoms with Crippen LogP contribution in [-0.4, -0.2) is 58.4 Å². The fourth-order valence-electron chi connectivity index (χ4n) is 4.24. The Morgan fingerprint density at radius 1 is 1.00 bits per heavy atom. The smallest absolute Gasteiger partial charge is 0.323 e. The van der Waals surface area contributed by atoms with Gasteiger partial charge in [0.1, 0.15) is 6.54 Å². The number of hydrogen-bond donors (Lipinski definition) is 1. The minimum absolute atomic E-state index is 0.0789. The van der Waals surface area contributed by atoms with Crippen molar-refractivity contribution in [3.8, 4) is 0 Å². The molecular weight excluding hydrogens is 320 g/mol. The first-order chi connectivity index (χ1) is 12.0. The van der Waals surface area contributed by atoms with Crippen molar-refractivity contribution < 1.29 is 19.5 Å². The highest BCUT2D eigenvalue weighted by molar-refractivity contribution is 5.80. The predicted octanol–water partition coefficient (Wildman–Crippen LogP) is 2.66. The zero-order chi connectivity index (χ0) is 18.2. The molecule has 6 heteroatoms. The first kappa shape index (κ1) is 19.7. The Morgan fingerprint density at radius 3 is 2.36 bits per heavy atom. The molecule has 2 aliphatic rings. The van der Waals surface area contributed by atoms with E-state index in [1.807, 2.05) is 4.90 Å². The van der Waals surface area contributed by atoms with Gasteiger partial charge in [0.25, 0.3) is 0 Å². The van der Waals surface area contributed by atoms with E-state index in [4.69, 9.17) is 5.11 Å². The van der Waals surface area contributed by atoms with Crippen LogP contribution in [0.25, 0.3) is 0 Å². The Labute approximate surface area is 150 Å². The van der Waals surface area contributed by atoms with E-state index in [1.165, 1.54) is 43.9 Å². The maximum absolute atomic E-state index is 12.5. The maximum atomic E-state index is 12.5. The monoisotopic (exact) mass is 352 g/mol. The molecule has 2 rings (SSSR count). The van der Waals surface area contributed by atoms with E-state index in [0.717, 1.165) is 25.8 Å². The fourth-order valence-corrected chi connectivity index (χ4v) is 4.24. The highest BCUT2D eigenvalue weighted by Crippen LogP contribution is 2.28. The van der Waals surface area contributed by atoms with Crippen LogP contribution < -0.4 is 0 Å². The average molecular weight is 352 g/mol. The highest BCUT2D eigenvalue weighted by Gasteiger charge is 2.27. The number of nitrogens with zero attached hydrogens (tertiary/aromatic N) is 2. The molecule has 6 nitrogen and oxygen atoms in total. The molecule has 0 aromatic heterocycles. The topological polar surface area (TPSA) is 77.9 Å². The molecule has 1 N–H and O–H groups in total. The molecule has 0 spiro atoms. The van der Waals surface area contributed by atoms with Gasteiger partial charge in [-0.25, -0.2) is 0 Å². The molecule has 2 amide bonds. The summed E-state index contributed by atoms with van der Waals surface area (Å²) < 4.78 is 0. The van der Waals surface area contributed by atoms with E-state index < -0.39 is 5.97 Å². The number of amides is 2. The molecule has 2 fully saturated rings. The van der Waals surface area contributed by atoms with Gasteiger partial charge in [-0.3, -0.25) is 14.4 Å². The SMILES string of the molecule is CC(=O)N(CC(=O)O)C1CCCN(C(=O)CCC2CCCCC2)CC1. The number of carboxylic acid groups (broad SMARTS) is 1. The van der Waals surface area contributed by atoms with Gasteiger partial charge in [-0.05, 0) is 31.6 Å². The van der Waals surface area contributed by atoms with Crippen LogP contribution in [0.2, 0.25) is 0 Å². The predicted molar refractivity (Wildman–Crippen MR) is 95.1 cm³/mol. The number of likely N-dealkylation sites (tertiary alicyclic amines) is 1. The minimum Gasteiger partial charge on any atom is -0.480 e. The van der Waals surface area contributed by atoms with Gasteiger partial charge < -0.3 is 14.9 Å². The highest BCUT2D eigenvalue weighted by atomic mass is 16.4. The van der Waals surface area contributed by atoms with Crippen molar-refractivity contribution in [2.75, 3.05) is 19.6 Å². The lowest BCUT2D eigenvalue weighted by atomic mass is 9.86. The van der Waals surface area contributed by atoms with Crippen molar-refractivity contribution in [3.63, 3.8) is 0 Å². The lowest BCUT2D eigenvalue weighted by molar-refractivity contribution is -0.145. The zero-order valence-corrected chi connectivity index (χ0v) is 15.4. The third-order valence-electron chi connectivity index (χ3n) is 5.69. The van der Waals surface area contributed by atoms with Gasteiger partial charge >= 0.3 is 5.97 Å². The number of hydrogen-bond acceptors (Lipinski definition) is 3. The van der Waals surface area contributed by atoms with Crippen LogP contribution in [0.5, 0.6) is 0 Å². The molecule has 1 saturated carbocycles. The fraction of sp³-hybridized carbons (Fsp3) is 0.842. The minimum atomic E-state index is -0.986. The second kappa shape index (κ2) is 9.78. The van der Waals surface area contributed by atoms with Gasteiger partial charge in [-0.2, -0.15) is 0 Å². The third-order valence-corrected chi connectivity index (χ3v) is 5.69. The first-order valence-electron chi connectivity index (χ1n) is 9.74. The second-order valence-electron chi connectivity index (χ2n) is 7.55. The molecule has 1 saturated heterocycles. The van der Waals surface area contributed by atoms with Crippen LogP contribution in [0.4, 0.5) is 0 Å². The molecule has 25 heavy (non-hydrogen) atoms. The lowest BCUT2D eigenvalue weighted by Crippen LogP contribution is -2.43. The van der Waals surface area contributed by atoms with Gasteiger partial charge in [-0.15, -0.1) is 0 Å². The number of rotatable bonds is 6. The van der Waals surface area contributed by atoms with Gasteiger partial charge in [0, 0.05) is 32.5 Å². The van der Waals surface area contributed by atoms with Crippen LogP contribution in [0.1, 0.15) is 71.1 Å². The molecule has 1 aliphatic heterocycles. The van der Waals surface area contributed by atoms with Gasteiger partial charge in [0.2, 0.25) is 11.8 Å². The quantitative estimate of drug-likeness (QED) is 0.797. The molecule has 0 aromatic carbocycles.